The molecule has 2 rings (SSSR count). The van der Waals surface area contributed by atoms with Crippen LogP contribution in [0.1, 0.15) is 0 Å². The summed E-state index contributed by atoms with van der Waals surface area (Å²) in [7, 11) is 20.1. The number of hydrogen-bond donors (Lipinski definition) is 4. The molecule has 0 radical (unpaired) electrons. The minimum absolute atomic E-state index is 0. The third kappa shape index (κ3) is 5.87. The molecule has 20 heavy (non-hydrogen) atoms. The van der Waals surface area contributed by atoms with E-state index in [-0.39, 0.29) is 12.4 Å². The molecule has 4 nitrogen and oxygen atoms in total. The average Bonchev–Trinajstić information content (AvgIpc) is 2.25. The van der Waals surface area contributed by atoms with Crippen LogP contribution in [0.4, 0.5) is 22.7 Å². The number of hydrogen-bond acceptors (Lipinski definition) is 4. The molecule has 0 bridgehead atoms. The van der Waals surface area contributed by atoms with E-state index in [2.05, 4.69) is 0 Å². The maximum atomic E-state index is 5.80. The topological polar surface area (TPSA) is 104 Å². The zero-order valence-electron chi connectivity index (χ0n) is 10.0. The van der Waals surface area contributed by atoms with Gasteiger partial charge >= 0.3 is 49.6 Å². The molecule has 0 saturated carbocycles. The van der Waals surface area contributed by atoms with Gasteiger partial charge in [0.1, 0.15) is 0 Å². The molecule has 0 aromatic heterocycles. The molecule has 112 valence electrons. The van der Waals surface area contributed by atoms with E-state index >= 15 is 0 Å². The molecule has 0 heterocycles. The van der Waals surface area contributed by atoms with E-state index in [1.54, 1.807) is 24.3 Å². The predicted octanol–water partition coefficient (Wildman–Crippen LogP) is 3.97. The molecule has 0 aliphatic heterocycles. The Balaban J connectivity index is 0.000000526. The number of nitrogen functional groups attached to an aromatic ring is 4. The number of nitrogens with two attached hydrogens (primary N) is 4. The van der Waals surface area contributed by atoms with Gasteiger partial charge < -0.3 is 22.9 Å². The van der Waals surface area contributed by atoms with Crippen molar-refractivity contribution in [3.63, 3.8) is 0 Å². The number of halogens is 5. The predicted molar refractivity (Wildman–Crippen MR) is 98.0 cm³/mol. The number of benzene rings is 2. The second-order valence-electron chi connectivity index (χ2n) is 3.67. The monoisotopic (exact) mass is 484 g/mol. The van der Waals surface area contributed by atoms with Crippen molar-refractivity contribution >= 4 is 95.5 Å². The molecule has 2 aromatic carbocycles. The van der Waals surface area contributed by atoms with Gasteiger partial charge in [0.25, 0.3) is 0 Å². The molecule has 2 aromatic rings. The second kappa shape index (κ2) is 7.96. The summed E-state index contributed by atoms with van der Waals surface area (Å²) in [6.45, 7) is 0. The molecule has 0 atom stereocenters. The Morgan fingerprint density at radius 2 is 0.750 bits per heavy atom. The van der Waals surface area contributed by atoms with Gasteiger partial charge in [0, 0.05) is 33.5 Å². The van der Waals surface area contributed by atoms with Crippen LogP contribution in [-0.4, -0.2) is 13.9 Å². The van der Waals surface area contributed by atoms with Gasteiger partial charge in [0.15, 0.2) is 0 Å². The van der Waals surface area contributed by atoms with Crippen LogP contribution in [-0.2, 0) is 0 Å². The molecular formula is C10H13Cl5N4Sn. The first-order valence-corrected chi connectivity index (χ1v) is 19.4. The first-order chi connectivity index (χ1) is 8.61. The van der Waals surface area contributed by atoms with E-state index in [9.17, 15) is 0 Å². The second-order valence-corrected chi connectivity index (χ2v) is 29.1. The average molecular weight is 485 g/mol. The Hall–Kier alpha value is 0.149. The van der Waals surface area contributed by atoms with Crippen molar-refractivity contribution in [3.8, 4) is 0 Å². The van der Waals surface area contributed by atoms with Gasteiger partial charge in [-0.1, -0.05) is 0 Å². The Kier molecular flexibility index (Phi) is 8.02. The summed E-state index contributed by atoms with van der Waals surface area (Å²) in [6, 6.07) is 6.92. The van der Waals surface area contributed by atoms with E-state index in [0.717, 1.165) is 10.8 Å². The zero-order valence-corrected chi connectivity index (χ0v) is 16.7. The zero-order chi connectivity index (χ0) is 14.8. The summed E-state index contributed by atoms with van der Waals surface area (Å²) in [4.78, 5) is 0. The Labute approximate surface area is 141 Å². The normalized spacial score (nSPS) is 10.4. The van der Waals surface area contributed by atoms with Crippen molar-refractivity contribution in [2.75, 3.05) is 22.9 Å². The van der Waals surface area contributed by atoms with Crippen LogP contribution in [0.15, 0.2) is 24.3 Å². The fourth-order valence-electron chi connectivity index (χ4n) is 1.60. The number of rotatable bonds is 0. The van der Waals surface area contributed by atoms with Gasteiger partial charge in [-0.15, -0.1) is 12.4 Å². The van der Waals surface area contributed by atoms with Crippen molar-refractivity contribution in [2.24, 2.45) is 0 Å². The van der Waals surface area contributed by atoms with E-state index in [0.29, 0.717) is 22.7 Å². The fraction of sp³-hybridized carbons (Fsp3) is 0. The van der Waals surface area contributed by atoms with Gasteiger partial charge in [-0.2, -0.15) is 0 Å². The molecular weight excluding hydrogens is 472 g/mol. The molecule has 10 heteroatoms. The quantitative estimate of drug-likeness (QED) is 0.335. The van der Waals surface area contributed by atoms with E-state index < -0.39 is 13.9 Å². The van der Waals surface area contributed by atoms with Gasteiger partial charge in [0.2, 0.25) is 0 Å². The van der Waals surface area contributed by atoms with Crippen LogP contribution in [0.5, 0.6) is 0 Å². The van der Waals surface area contributed by atoms with E-state index in [4.69, 9.17) is 58.6 Å². The molecule has 0 saturated heterocycles. The Morgan fingerprint density at radius 1 is 0.600 bits per heavy atom. The van der Waals surface area contributed by atoms with E-state index in [1.807, 2.05) is 0 Å². The molecule has 0 aliphatic carbocycles. The minimum atomic E-state index is -3.29. The van der Waals surface area contributed by atoms with Gasteiger partial charge in [-0.05, 0) is 24.3 Å². The Morgan fingerprint density at radius 3 is 0.900 bits per heavy atom. The molecule has 0 fully saturated rings. The summed E-state index contributed by atoms with van der Waals surface area (Å²) in [5.74, 6) is 0. The standard InChI is InChI=1S/C10H12N4.5ClH.Sn/c11-5-1-2-6(12)10-8(14)4-3-7(13)9(5)10;;;;;;/h1-4H,11-14H2;5*1H;/q;;;;;;+4/p-4. The maximum absolute atomic E-state index is 5.80. The molecule has 0 amide bonds. The molecule has 0 unspecified atom stereocenters. The van der Waals surface area contributed by atoms with Crippen LogP contribution in [0.25, 0.3) is 10.8 Å². The molecule has 0 aliphatic rings. The molecule has 0 spiro atoms. The first kappa shape index (κ1) is 20.1. The van der Waals surface area contributed by atoms with Crippen molar-refractivity contribution < 1.29 is 0 Å². The third-order valence-corrected chi connectivity index (χ3v) is 2.29. The van der Waals surface area contributed by atoms with E-state index in [1.165, 1.54) is 0 Å². The first-order valence-electron chi connectivity index (χ1n) is 4.98. The summed E-state index contributed by atoms with van der Waals surface area (Å²) in [5, 5.41) is 1.48. The Bertz CT molecular complexity index is 507. The number of anilines is 4. The van der Waals surface area contributed by atoms with Crippen molar-refractivity contribution in [3.05, 3.63) is 24.3 Å². The summed E-state index contributed by atoms with van der Waals surface area (Å²) in [5.41, 5.74) is 25.6. The SMILES string of the molecule is Cl.Nc1ccc(N)c2c(N)ccc(N)c12.[Cl][Sn]([Cl])([Cl])[Cl]. The van der Waals surface area contributed by atoms with Crippen LogP contribution in [0.2, 0.25) is 0 Å². The van der Waals surface area contributed by atoms with Crippen LogP contribution >= 0.6 is 48.1 Å². The van der Waals surface area contributed by atoms with Crippen LogP contribution in [0, 0.1) is 0 Å². The van der Waals surface area contributed by atoms with Crippen molar-refractivity contribution in [2.45, 2.75) is 0 Å². The summed E-state index contributed by atoms with van der Waals surface area (Å²) in [6.07, 6.45) is 0. The van der Waals surface area contributed by atoms with Gasteiger partial charge in [0.05, 0.1) is 0 Å². The van der Waals surface area contributed by atoms with Crippen molar-refractivity contribution in [1.82, 2.24) is 0 Å². The summed E-state index contributed by atoms with van der Waals surface area (Å²) >= 11 is -3.29. The van der Waals surface area contributed by atoms with Crippen molar-refractivity contribution in [1.29, 1.82) is 0 Å². The van der Waals surface area contributed by atoms with Crippen LogP contribution in [0.3, 0.4) is 0 Å². The molecule has 8 N–H and O–H groups in total. The van der Waals surface area contributed by atoms with Crippen LogP contribution < -0.4 is 22.9 Å². The number of fused-ring (bicyclic) bond motifs is 1. The third-order valence-electron chi connectivity index (χ3n) is 2.29. The van der Waals surface area contributed by atoms with Gasteiger partial charge in [-0.25, -0.2) is 0 Å². The van der Waals surface area contributed by atoms with Gasteiger partial charge in [-0.3, -0.25) is 0 Å². The summed E-state index contributed by atoms with van der Waals surface area (Å²) < 4.78 is 0. The fourth-order valence-corrected chi connectivity index (χ4v) is 1.60.